The first-order chi connectivity index (χ1) is 9.16. The molecule has 3 fully saturated rings. The zero-order chi connectivity index (χ0) is 13.1. The van der Waals surface area contributed by atoms with E-state index in [-0.39, 0.29) is 17.9 Å². The minimum Gasteiger partial charge on any atom is -0.325 e. The highest BCUT2D eigenvalue weighted by atomic mass is 35.5. The number of benzene rings is 1. The number of amides is 1. The normalized spacial score (nSPS) is 32.4. The number of carbonyl (C=O) groups excluding carboxylic acids is 1. The molecule has 1 aromatic rings. The second-order valence-corrected chi connectivity index (χ2v) is 5.97. The predicted octanol–water partition coefficient (Wildman–Crippen LogP) is 1.70. The van der Waals surface area contributed by atoms with Gasteiger partial charge < -0.3 is 4.90 Å². The fraction of sp³-hybridized carbons (Fsp3) is 0.429. The Morgan fingerprint density at radius 2 is 2.16 bits per heavy atom. The van der Waals surface area contributed by atoms with Crippen molar-refractivity contribution < 1.29 is 4.79 Å². The van der Waals surface area contributed by atoms with Crippen molar-refractivity contribution in [3.05, 3.63) is 29.3 Å². The maximum Gasteiger partial charge on any atom is 0.257 e. The lowest BCUT2D eigenvalue weighted by atomic mass is 9.99. The SMILES string of the molecule is [N]=C1N(c2cccc(Cl)c2)C(=O)[C@@H]2[C@@H]3CC[C@@H](C3)N12. The summed E-state index contributed by atoms with van der Waals surface area (Å²) in [6.45, 7) is 0. The Kier molecular flexibility index (Phi) is 2.22. The van der Waals surface area contributed by atoms with Gasteiger partial charge in [0.05, 0.1) is 5.69 Å². The van der Waals surface area contributed by atoms with Crippen molar-refractivity contribution in [2.45, 2.75) is 31.3 Å². The van der Waals surface area contributed by atoms with Crippen LogP contribution in [0.1, 0.15) is 19.3 Å². The Bertz CT molecular complexity index is 560. The molecule has 1 radical (unpaired) electrons. The Morgan fingerprint density at radius 1 is 1.32 bits per heavy atom. The van der Waals surface area contributed by atoms with Crippen molar-refractivity contribution in [3.63, 3.8) is 0 Å². The van der Waals surface area contributed by atoms with E-state index in [2.05, 4.69) is 0 Å². The van der Waals surface area contributed by atoms with Gasteiger partial charge in [0.1, 0.15) is 6.04 Å². The Balaban J connectivity index is 1.75. The van der Waals surface area contributed by atoms with E-state index < -0.39 is 0 Å². The van der Waals surface area contributed by atoms with Crippen molar-refractivity contribution in [1.29, 1.82) is 0 Å². The molecule has 3 aliphatic rings. The summed E-state index contributed by atoms with van der Waals surface area (Å²) >= 11 is 5.97. The molecule has 1 aromatic carbocycles. The first kappa shape index (κ1) is 11.3. The predicted molar refractivity (Wildman–Crippen MR) is 72.8 cm³/mol. The van der Waals surface area contributed by atoms with Gasteiger partial charge in [-0.3, -0.25) is 4.79 Å². The fourth-order valence-corrected chi connectivity index (χ4v) is 3.98. The lowest BCUT2D eigenvalue weighted by Gasteiger charge is -2.27. The number of nitrogens with zero attached hydrogens (tertiary/aromatic N) is 3. The van der Waals surface area contributed by atoms with Gasteiger partial charge in [-0.25, -0.2) is 4.90 Å². The lowest BCUT2D eigenvalue weighted by molar-refractivity contribution is -0.120. The topological polar surface area (TPSA) is 45.9 Å². The van der Waals surface area contributed by atoms with Gasteiger partial charge >= 0.3 is 0 Å². The van der Waals surface area contributed by atoms with Crippen LogP contribution in [0.5, 0.6) is 0 Å². The van der Waals surface area contributed by atoms with Crippen molar-refractivity contribution in [1.82, 2.24) is 10.3 Å². The summed E-state index contributed by atoms with van der Waals surface area (Å²) < 4.78 is 0. The van der Waals surface area contributed by atoms with Crippen molar-refractivity contribution in [2.24, 2.45) is 5.92 Å². The maximum absolute atomic E-state index is 12.6. The second-order valence-electron chi connectivity index (χ2n) is 5.53. The number of hydrogen-bond acceptors (Lipinski definition) is 1. The van der Waals surface area contributed by atoms with Crippen LogP contribution in [0.25, 0.3) is 0 Å². The molecule has 2 heterocycles. The van der Waals surface area contributed by atoms with E-state index in [1.54, 1.807) is 24.3 Å². The third-order valence-electron chi connectivity index (χ3n) is 4.56. The van der Waals surface area contributed by atoms with Crippen LogP contribution in [-0.4, -0.2) is 28.9 Å². The molecule has 1 saturated carbocycles. The summed E-state index contributed by atoms with van der Waals surface area (Å²) in [5, 5.41) is 11.0. The Morgan fingerprint density at radius 3 is 2.89 bits per heavy atom. The molecule has 1 aliphatic carbocycles. The standard InChI is InChI=1S/C14H13ClN3O/c15-9-2-1-3-10(7-9)18-13(19)12-8-4-5-11(6-8)17(12)14(18)16/h1-3,7-8,11-12H,4-6H2/t8-,11+,12+/m1/s1. The van der Waals surface area contributed by atoms with Crippen LogP contribution in [-0.2, 0) is 4.79 Å². The van der Waals surface area contributed by atoms with Crippen LogP contribution in [0.15, 0.2) is 24.3 Å². The van der Waals surface area contributed by atoms with Crippen LogP contribution in [0, 0.1) is 5.92 Å². The van der Waals surface area contributed by atoms with Gasteiger partial charge in [-0.15, -0.1) is 5.41 Å². The minimum absolute atomic E-state index is 0.0213. The molecule has 2 saturated heterocycles. The molecule has 0 spiro atoms. The third-order valence-corrected chi connectivity index (χ3v) is 4.79. The number of rotatable bonds is 1. The molecule has 1 amide bonds. The average Bonchev–Trinajstić information content (AvgIpc) is 3.04. The van der Waals surface area contributed by atoms with Gasteiger partial charge in [-0.1, -0.05) is 17.7 Å². The first-order valence-electron chi connectivity index (χ1n) is 6.60. The highest BCUT2D eigenvalue weighted by Crippen LogP contribution is 2.46. The lowest BCUT2D eigenvalue weighted by Crippen LogP contribution is -2.41. The van der Waals surface area contributed by atoms with Gasteiger partial charge in [0, 0.05) is 11.1 Å². The molecular formula is C14H13ClN3O. The van der Waals surface area contributed by atoms with E-state index >= 15 is 0 Å². The third kappa shape index (κ3) is 1.40. The number of hydrogen-bond donors (Lipinski definition) is 0. The van der Waals surface area contributed by atoms with E-state index in [1.165, 1.54) is 4.90 Å². The van der Waals surface area contributed by atoms with Gasteiger partial charge in [0.2, 0.25) is 5.96 Å². The highest BCUT2D eigenvalue weighted by molar-refractivity contribution is 6.31. The number of guanidine groups is 1. The quantitative estimate of drug-likeness (QED) is 0.782. The average molecular weight is 275 g/mol. The fourth-order valence-electron chi connectivity index (χ4n) is 3.80. The van der Waals surface area contributed by atoms with Gasteiger partial charge in [0.25, 0.3) is 5.91 Å². The van der Waals surface area contributed by atoms with E-state index in [1.807, 2.05) is 4.90 Å². The molecule has 2 bridgehead atoms. The number of anilines is 1. The molecule has 5 heteroatoms. The molecule has 2 aliphatic heterocycles. The van der Waals surface area contributed by atoms with Gasteiger partial charge in [-0.05, 0) is 43.4 Å². The smallest absolute Gasteiger partial charge is 0.257 e. The van der Waals surface area contributed by atoms with E-state index in [0.29, 0.717) is 22.7 Å². The Hall–Kier alpha value is -1.55. The van der Waals surface area contributed by atoms with Crippen LogP contribution in [0.3, 0.4) is 0 Å². The Labute approximate surface area is 116 Å². The summed E-state index contributed by atoms with van der Waals surface area (Å²) in [6.07, 6.45) is 3.19. The monoisotopic (exact) mass is 274 g/mol. The van der Waals surface area contributed by atoms with E-state index in [9.17, 15) is 10.2 Å². The molecule has 4 rings (SSSR count). The highest BCUT2D eigenvalue weighted by Gasteiger charge is 2.57. The number of piperidine rings is 1. The van der Waals surface area contributed by atoms with Gasteiger partial charge in [-0.2, -0.15) is 0 Å². The van der Waals surface area contributed by atoms with E-state index in [4.69, 9.17) is 11.6 Å². The summed E-state index contributed by atoms with van der Waals surface area (Å²) in [5.74, 6) is 0.445. The number of carbonyl (C=O) groups is 1. The summed E-state index contributed by atoms with van der Waals surface area (Å²) in [6, 6.07) is 7.20. The summed E-state index contributed by atoms with van der Waals surface area (Å²) in [5.41, 5.74) is 0.642. The molecule has 19 heavy (non-hydrogen) atoms. The second kappa shape index (κ2) is 3.73. The summed E-state index contributed by atoms with van der Waals surface area (Å²) in [7, 11) is 0. The molecule has 97 valence electrons. The van der Waals surface area contributed by atoms with E-state index in [0.717, 1.165) is 19.3 Å². The number of fused-ring (bicyclic) bond motifs is 5. The largest absolute Gasteiger partial charge is 0.325 e. The summed E-state index contributed by atoms with van der Waals surface area (Å²) in [4.78, 5) is 15.9. The molecule has 3 atom stereocenters. The van der Waals surface area contributed by atoms with Crippen molar-refractivity contribution >= 4 is 29.2 Å². The maximum atomic E-state index is 12.6. The molecule has 4 nitrogen and oxygen atoms in total. The van der Waals surface area contributed by atoms with Crippen molar-refractivity contribution in [2.75, 3.05) is 4.90 Å². The van der Waals surface area contributed by atoms with Crippen LogP contribution >= 0.6 is 11.6 Å². The molecule has 0 aromatic heterocycles. The molecule has 0 unspecified atom stereocenters. The van der Waals surface area contributed by atoms with Crippen LogP contribution in [0.4, 0.5) is 5.69 Å². The molecule has 0 N–H and O–H groups in total. The minimum atomic E-state index is -0.169. The first-order valence-corrected chi connectivity index (χ1v) is 6.98. The van der Waals surface area contributed by atoms with Gasteiger partial charge in [0.15, 0.2) is 0 Å². The zero-order valence-corrected chi connectivity index (χ0v) is 11.0. The van der Waals surface area contributed by atoms with Crippen LogP contribution < -0.4 is 10.3 Å². The number of halogens is 1. The van der Waals surface area contributed by atoms with Crippen LogP contribution in [0.2, 0.25) is 5.02 Å². The zero-order valence-electron chi connectivity index (χ0n) is 10.3. The molecular weight excluding hydrogens is 262 g/mol. The van der Waals surface area contributed by atoms with Crippen molar-refractivity contribution in [3.8, 4) is 0 Å².